The van der Waals surface area contributed by atoms with E-state index in [9.17, 15) is 0 Å². The zero-order chi connectivity index (χ0) is 19.7. The molecule has 0 atom stereocenters. The topological polar surface area (TPSA) is 0 Å². The summed E-state index contributed by atoms with van der Waals surface area (Å²) < 4.78 is 0. The van der Waals surface area contributed by atoms with Crippen molar-refractivity contribution in [1.29, 1.82) is 0 Å². The van der Waals surface area contributed by atoms with Crippen LogP contribution < -0.4 is 0 Å². The van der Waals surface area contributed by atoms with Gasteiger partial charge in [-0.2, -0.15) is 0 Å². The van der Waals surface area contributed by atoms with E-state index in [0.717, 1.165) is 0 Å². The molecule has 0 heteroatoms. The summed E-state index contributed by atoms with van der Waals surface area (Å²) in [5, 5.41) is 0. The highest BCUT2D eigenvalue weighted by atomic mass is 14.0. The summed E-state index contributed by atoms with van der Waals surface area (Å²) in [6, 6.07) is 0. The highest BCUT2D eigenvalue weighted by Gasteiger charge is 1.94. The number of allylic oxidation sites excluding steroid dienone is 2. The van der Waals surface area contributed by atoms with Gasteiger partial charge < -0.3 is 0 Å². The molecule has 0 aliphatic rings. The summed E-state index contributed by atoms with van der Waals surface area (Å²) >= 11 is 0. The minimum absolute atomic E-state index is 1.31. The van der Waals surface area contributed by atoms with Crippen molar-refractivity contribution in [1.82, 2.24) is 0 Å². The molecule has 0 saturated carbocycles. The van der Waals surface area contributed by atoms with E-state index in [2.05, 4.69) is 26.0 Å². The Hall–Kier alpha value is -0.260. The fraction of sp³-hybridized carbons (Fsp3) is 0.926. The Balaban J connectivity index is 3.04. The van der Waals surface area contributed by atoms with Gasteiger partial charge in [-0.05, 0) is 25.7 Å². The first-order valence-electron chi connectivity index (χ1n) is 13.1. The predicted molar refractivity (Wildman–Crippen MR) is 127 cm³/mol. The smallest absolute Gasteiger partial charge is 0.0351 e. The number of hydrogen-bond acceptors (Lipinski definition) is 0. The number of rotatable bonds is 23. The molecule has 0 saturated heterocycles. The first-order valence-corrected chi connectivity index (χ1v) is 13.1. The quantitative estimate of drug-likeness (QED) is 0.122. The van der Waals surface area contributed by atoms with Gasteiger partial charge in [0.15, 0.2) is 0 Å². The molecule has 0 amide bonds. The molecule has 0 spiro atoms. The second-order valence-corrected chi connectivity index (χ2v) is 8.77. The van der Waals surface area contributed by atoms with Crippen molar-refractivity contribution >= 4 is 0 Å². The maximum absolute atomic E-state index is 2.44. The molecule has 0 aliphatic carbocycles. The predicted octanol–water partition coefficient (Wildman–Crippen LogP) is 10.6. The van der Waals surface area contributed by atoms with Crippen LogP contribution in [0.5, 0.6) is 0 Å². The third-order valence-electron chi connectivity index (χ3n) is 5.87. The third-order valence-corrected chi connectivity index (χ3v) is 5.87. The minimum atomic E-state index is 1.31. The number of unbranched alkanes of at least 4 members (excludes halogenated alkanes) is 21. The molecule has 0 radical (unpaired) electrons. The van der Waals surface area contributed by atoms with Gasteiger partial charge in [-0.3, -0.25) is 0 Å². The van der Waals surface area contributed by atoms with Gasteiger partial charge in [0, 0.05) is 0 Å². The molecule has 0 fully saturated rings. The normalized spacial score (nSPS) is 11.6. The molecule has 162 valence electrons. The SMILES string of the molecule is CCCCCCCCCC/C=C/CCCCCCCCCCCCCCC. The summed E-state index contributed by atoms with van der Waals surface area (Å²) in [6.07, 6.45) is 37.9. The molecule has 0 rings (SSSR count). The van der Waals surface area contributed by atoms with Gasteiger partial charge in [0.2, 0.25) is 0 Å². The minimum Gasteiger partial charge on any atom is -0.0885 e. The van der Waals surface area contributed by atoms with Gasteiger partial charge in [0.05, 0.1) is 0 Å². The van der Waals surface area contributed by atoms with E-state index < -0.39 is 0 Å². The van der Waals surface area contributed by atoms with Crippen LogP contribution >= 0.6 is 0 Å². The average Bonchev–Trinajstić information content (AvgIpc) is 2.68. The lowest BCUT2D eigenvalue weighted by molar-refractivity contribution is 0.540. The number of hydrogen-bond donors (Lipinski definition) is 0. The van der Waals surface area contributed by atoms with Crippen molar-refractivity contribution in [2.45, 2.75) is 162 Å². The van der Waals surface area contributed by atoms with E-state index in [1.165, 1.54) is 148 Å². The fourth-order valence-electron chi connectivity index (χ4n) is 3.91. The van der Waals surface area contributed by atoms with Crippen LogP contribution in [0.1, 0.15) is 162 Å². The highest BCUT2D eigenvalue weighted by Crippen LogP contribution is 2.13. The van der Waals surface area contributed by atoms with Crippen molar-refractivity contribution in [3.8, 4) is 0 Å². The fourth-order valence-corrected chi connectivity index (χ4v) is 3.91. The Morgan fingerprint density at radius 1 is 0.296 bits per heavy atom. The monoisotopic (exact) mass is 378 g/mol. The van der Waals surface area contributed by atoms with E-state index >= 15 is 0 Å². The first kappa shape index (κ1) is 26.7. The van der Waals surface area contributed by atoms with E-state index in [1.54, 1.807) is 0 Å². The van der Waals surface area contributed by atoms with Gasteiger partial charge in [0.1, 0.15) is 0 Å². The van der Waals surface area contributed by atoms with E-state index in [1.807, 2.05) is 0 Å². The lowest BCUT2D eigenvalue weighted by atomic mass is 10.0. The summed E-state index contributed by atoms with van der Waals surface area (Å²) in [6.45, 7) is 4.60. The van der Waals surface area contributed by atoms with Crippen LogP contribution in [0.3, 0.4) is 0 Å². The maximum atomic E-state index is 2.44. The molecule has 0 aliphatic heterocycles. The van der Waals surface area contributed by atoms with Gasteiger partial charge in [-0.25, -0.2) is 0 Å². The Morgan fingerprint density at radius 2 is 0.519 bits per heavy atom. The summed E-state index contributed by atoms with van der Waals surface area (Å²) in [7, 11) is 0. The van der Waals surface area contributed by atoms with E-state index in [-0.39, 0.29) is 0 Å². The highest BCUT2D eigenvalue weighted by molar-refractivity contribution is 4.81. The van der Waals surface area contributed by atoms with Crippen molar-refractivity contribution in [3.63, 3.8) is 0 Å². The average molecular weight is 379 g/mol. The van der Waals surface area contributed by atoms with Crippen LogP contribution in [0.2, 0.25) is 0 Å². The van der Waals surface area contributed by atoms with Crippen LogP contribution in [0.4, 0.5) is 0 Å². The molecule has 0 aromatic carbocycles. The third kappa shape index (κ3) is 25.7. The Kier molecular flexibility index (Phi) is 25.5. The van der Waals surface area contributed by atoms with Gasteiger partial charge >= 0.3 is 0 Å². The van der Waals surface area contributed by atoms with Crippen molar-refractivity contribution in [2.75, 3.05) is 0 Å². The second kappa shape index (κ2) is 25.7. The molecule has 0 heterocycles. The summed E-state index contributed by atoms with van der Waals surface area (Å²) in [5.74, 6) is 0. The molecular formula is C27H54. The van der Waals surface area contributed by atoms with Crippen LogP contribution in [0.15, 0.2) is 12.2 Å². The van der Waals surface area contributed by atoms with Crippen LogP contribution in [0, 0.1) is 0 Å². The van der Waals surface area contributed by atoms with Gasteiger partial charge in [-0.1, -0.05) is 148 Å². The Bertz CT molecular complexity index is 265. The molecule has 0 unspecified atom stereocenters. The largest absolute Gasteiger partial charge is 0.0885 e. The molecule has 0 N–H and O–H groups in total. The van der Waals surface area contributed by atoms with Crippen molar-refractivity contribution < 1.29 is 0 Å². The summed E-state index contributed by atoms with van der Waals surface area (Å²) in [4.78, 5) is 0. The molecular weight excluding hydrogens is 324 g/mol. The second-order valence-electron chi connectivity index (χ2n) is 8.77. The lowest BCUT2D eigenvalue weighted by Gasteiger charge is -2.02. The molecule has 0 aromatic rings. The zero-order valence-corrected chi connectivity index (χ0v) is 19.4. The Morgan fingerprint density at radius 3 is 0.778 bits per heavy atom. The van der Waals surface area contributed by atoms with Gasteiger partial charge in [-0.15, -0.1) is 0 Å². The molecule has 0 nitrogen and oxygen atoms in total. The van der Waals surface area contributed by atoms with E-state index in [4.69, 9.17) is 0 Å². The first-order chi connectivity index (χ1) is 13.4. The Labute approximate surface area is 174 Å². The summed E-state index contributed by atoms with van der Waals surface area (Å²) in [5.41, 5.74) is 0. The van der Waals surface area contributed by atoms with Crippen molar-refractivity contribution in [2.24, 2.45) is 0 Å². The molecule has 27 heavy (non-hydrogen) atoms. The van der Waals surface area contributed by atoms with Crippen molar-refractivity contribution in [3.05, 3.63) is 12.2 Å². The van der Waals surface area contributed by atoms with Crippen LogP contribution in [-0.4, -0.2) is 0 Å². The van der Waals surface area contributed by atoms with Gasteiger partial charge in [0.25, 0.3) is 0 Å². The molecule has 0 bridgehead atoms. The molecule has 0 aromatic heterocycles. The van der Waals surface area contributed by atoms with E-state index in [0.29, 0.717) is 0 Å². The maximum Gasteiger partial charge on any atom is -0.0351 e. The van der Waals surface area contributed by atoms with Crippen LogP contribution in [0.25, 0.3) is 0 Å². The lowest BCUT2D eigenvalue weighted by Crippen LogP contribution is -1.82. The van der Waals surface area contributed by atoms with Crippen LogP contribution in [-0.2, 0) is 0 Å². The standard InChI is InChI=1S/C27H54/c1-3-5-7-9-11-13-15-17-19-21-23-25-27-26-24-22-20-18-16-14-12-10-8-6-4-2/h21,23H,3-20,22,24-27H2,1-2H3/b23-21+. The zero-order valence-electron chi connectivity index (χ0n) is 19.4.